The highest BCUT2D eigenvalue weighted by Gasteiger charge is 2.17. The SMILES string of the molecule is Fc1cccc(-c2cccc3c2O[CH]C3)c1. The minimum Gasteiger partial charge on any atom is -0.485 e. The number of benzene rings is 2. The predicted molar refractivity (Wildman–Crippen MR) is 60.5 cm³/mol. The highest BCUT2D eigenvalue weighted by molar-refractivity contribution is 5.73. The number of ether oxygens (including phenoxy) is 1. The zero-order valence-electron chi connectivity index (χ0n) is 8.61. The molecule has 2 heteroatoms. The predicted octanol–water partition coefficient (Wildman–Crippen LogP) is 3.59. The van der Waals surface area contributed by atoms with Crippen LogP contribution in [0.3, 0.4) is 0 Å². The monoisotopic (exact) mass is 213 g/mol. The van der Waals surface area contributed by atoms with E-state index in [9.17, 15) is 4.39 Å². The lowest BCUT2D eigenvalue weighted by molar-refractivity contribution is 0.436. The second-order valence-corrected chi connectivity index (χ2v) is 3.79. The van der Waals surface area contributed by atoms with Crippen molar-refractivity contribution in [2.75, 3.05) is 0 Å². The largest absolute Gasteiger partial charge is 0.485 e. The molecule has 3 rings (SSSR count). The molecule has 0 amide bonds. The molecular weight excluding hydrogens is 203 g/mol. The third-order valence-electron chi connectivity index (χ3n) is 2.74. The summed E-state index contributed by atoms with van der Waals surface area (Å²) in [6, 6.07) is 12.5. The van der Waals surface area contributed by atoms with Gasteiger partial charge >= 0.3 is 0 Å². The Morgan fingerprint density at radius 3 is 2.81 bits per heavy atom. The van der Waals surface area contributed by atoms with Crippen LogP contribution in [0.1, 0.15) is 5.56 Å². The van der Waals surface area contributed by atoms with Gasteiger partial charge in [0.1, 0.15) is 18.2 Å². The summed E-state index contributed by atoms with van der Waals surface area (Å²) in [5, 5.41) is 0. The van der Waals surface area contributed by atoms with Gasteiger partial charge in [-0.2, -0.15) is 0 Å². The number of halogens is 1. The number of fused-ring (bicyclic) bond motifs is 1. The Morgan fingerprint density at radius 2 is 1.94 bits per heavy atom. The molecule has 1 radical (unpaired) electrons. The van der Waals surface area contributed by atoms with E-state index in [0.29, 0.717) is 0 Å². The van der Waals surface area contributed by atoms with Crippen LogP contribution in [0, 0.1) is 12.4 Å². The van der Waals surface area contributed by atoms with Gasteiger partial charge in [0.15, 0.2) is 0 Å². The molecule has 0 saturated heterocycles. The van der Waals surface area contributed by atoms with Crippen LogP contribution >= 0.6 is 0 Å². The molecule has 2 aromatic carbocycles. The first-order chi connectivity index (χ1) is 7.84. The maximum absolute atomic E-state index is 13.2. The Balaban J connectivity index is 2.17. The van der Waals surface area contributed by atoms with E-state index in [1.165, 1.54) is 12.1 Å². The quantitative estimate of drug-likeness (QED) is 0.703. The first-order valence-corrected chi connectivity index (χ1v) is 5.21. The molecule has 2 aromatic rings. The van der Waals surface area contributed by atoms with Crippen molar-refractivity contribution in [3.8, 4) is 16.9 Å². The van der Waals surface area contributed by atoms with Crippen molar-refractivity contribution in [1.82, 2.24) is 0 Å². The van der Waals surface area contributed by atoms with Crippen molar-refractivity contribution in [3.05, 3.63) is 60.5 Å². The third kappa shape index (κ3) is 1.47. The Kier molecular flexibility index (Phi) is 2.13. The lowest BCUT2D eigenvalue weighted by atomic mass is 10.0. The smallest absolute Gasteiger partial charge is 0.140 e. The van der Waals surface area contributed by atoms with E-state index in [-0.39, 0.29) is 5.82 Å². The van der Waals surface area contributed by atoms with Gasteiger partial charge in [0.25, 0.3) is 0 Å². The summed E-state index contributed by atoms with van der Waals surface area (Å²) in [6.45, 7) is 1.77. The molecule has 0 N–H and O–H groups in total. The summed E-state index contributed by atoms with van der Waals surface area (Å²) in [4.78, 5) is 0. The molecule has 0 atom stereocenters. The second kappa shape index (κ2) is 3.63. The van der Waals surface area contributed by atoms with Crippen molar-refractivity contribution in [1.29, 1.82) is 0 Å². The maximum Gasteiger partial charge on any atom is 0.140 e. The van der Waals surface area contributed by atoms with E-state index in [0.717, 1.165) is 28.9 Å². The fourth-order valence-electron chi connectivity index (χ4n) is 1.98. The van der Waals surface area contributed by atoms with Crippen LogP contribution < -0.4 is 4.74 Å². The van der Waals surface area contributed by atoms with Crippen molar-refractivity contribution in [2.45, 2.75) is 6.42 Å². The maximum atomic E-state index is 13.2. The summed E-state index contributed by atoms with van der Waals surface area (Å²) in [6.07, 6.45) is 0.818. The molecule has 0 bridgehead atoms. The number of hydrogen-bond acceptors (Lipinski definition) is 1. The van der Waals surface area contributed by atoms with Crippen molar-refractivity contribution in [3.63, 3.8) is 0 Å². The molecular formula is C14H10FO. The summed E-state index contributed by atoms with van der Waals surface area (Å²) < 4.78 is 18.6. The van der Waals surface area contributed by atoms with Crippen LogP contribution in [0.25, 0.3) is 11.1 Å². The molecule has 0 unspecified atom stereocenters. The fourth-order valence-corrected chi connectivity index (χ4v) is 1.98. The Morgan fingerprint density at radius 1 is 1.06 bits per heavy atom. The van der Waals surface area contributed by atoms with Gasteiger partial charge in [-0.05, 0) is 23.3 Å². The molecule has 0 aromatic heterocycles. The Bertz CT molecular complexity index is 534. The Labute approximate surface area is 93.5 Å². The first kappa shape index (κ1) is 9.40. The van der Waals surface area contributed by atoms with Gasteiger partial charge in [-0.25, -0.2) is 4.39 Å². The van der Waals surface area contributed by atoms with Gasteiger partial charge in [0, 0.05) is 12.0 Å². The van der Waals surface area contributed by atoms with Gasteiger partial charge < -0.3 is 4.74 Å². The topological polar surface area (TPSA) is 9.23 Å². The lowest BCUT2D eigenvalue weighted by Crippen LogP contribution is -1.85. The van der Waals surface area contributed by atoms with E-state index in [1.54, 1.807) is 12.7 Å². The van der Waals surface area contributed by atoms with Gasteiger partial charge in [0.05, 0.1) is 0 Å². The van der Waals surface area contributed by atoms with E-state index < -0.39 is 0 Å². The molecule has 0 fully saturated rings. The van der Waals surface area contributed by atoms with Crippen LogP contribution in [-0.2, 0) is 6.42 Å². The zero-order chi connectivity index (χ0) is 11.0. The average Bonchev–Trinajstić information content (AvgIpc) is 2.76. The van der Waals surface area contributed by atoms with Crippen molar-refractivity contribution >= 4 is 0 Å². The summed E-state index contributed by atoms with van der Waals surface area (Å²) in [5.74, 6) is 0.630. The van der Waals surface area contributed by atoms with Crippen molar-refractivity contribution in [2.24, 2.45) is 0 Å². The molecule has 79 valence electrons. The van der Waals surface area contributed by atoms with E-state index >= 15 is 0 Å². The molecule has 0 spiro atoms. The minimum atomic E-state index is -0.225. The highest BCUT2D eigenvalue weighted by Crippen LogP contribution is 2.37. The van der Waals surface area contributed by atoms with Crippen LogP contribution in [0.2, 0.25) is 0 Å². The number of para-hydroxylation sites is 1. The van der Waals surface area contributed by atoms with Crippen LogP contribution in [0.4, 0.5) is 4.39 Å². The summed E-state index contributed by atoms with van der Waals surface area (Å²) in [5.41, 5.74) is 2.96. The molecule has 0 aliphatic carbocycles. The van der Waals surface area contributed by atoms with E-state index in [1.807, 2.05) is 24.3 Å². The average molecular weight is 213 g/mol. The normalized spacial score (nSPS) is 13.3. The van der Waals surface area contributed by atoms with Crippen LogP contribution in [0.15, 0.2) is 42.5 Å². The number of rotatable bonds is 1. The highest BCUT2D eigenvalue weighted by atomic mass is 19.1. The summed E-state index contributed by atoms with van der Waals surface area (Å²) in [7, 11) is 0. The van der Waals surface area contributed by atoms with Gasteiger partial charge in [-0.1, -0.05) is 30.3 Å². The summed E-state index contributed by atoms with van der Waals surface area (Å²) >= 11 is 0. The number of hydrogen-bond donors (Lipinski definition) is 0. The lowest BCUT2D eigenvalue weighted by Gasteiger charge is -2.07. The van der Waals surface area contributed by atoms with Crippen LogP contribution in [-0.4, -0.2) is 0 Å². The van der Waals surface area contributed by atoms with E-state index in [4.69, 9.17) is 4.74 Å². The van der Waals surface area contributed by atoms with Gasteiger partial charge in [-0.15, -0.1) is 0 Å². The molecule has 1 aliphatic rings. The second-order valence-electron chi connectivity index (χ2n) is 3.79. The molecule has 16 heavy (non-hydrogen) atoms. The fraction of sp³-hybridized carbons (Fsp3) is 0.0714. The molecule has 1 aliphatic heterocycles. The third-order valence-corrected chi connectivity index (χ3v) is 2.74. The first-order valence-electron chi connectivity index (χ1n) is 5.21. The Hall–Kier alpha value is -1.83. The van der Waals surface area contributed by atoms with Gasteiger partial charge in [0.2, 0.25) is 0 Å². The zero-order valence-corrected chi connectivity index (χ0v) is 8.61. The molecule has 0 saturated carbocycles. The van der Waals surface area contributed by atoms with Crippen LogP contribution in [0.5, 0.6) is 5.75 Å². The minimum absolute atomic E-state index is 0.225. The van der Waals surface area contributed by atoms with E-state index in [2.05, 4.69) is 0 Å². The molecule has 1 heterocycles. The standard InChI is InChI=1S/C14H10FO/c15-12-5-1-4-11(9-12)13-6-2-3-10-7-8-16-14(10)13/h1-6,8-9H,7H2. The van der Waals surface area contributed by atoms with Crippen molar-refractivity contribution < 1.29 is 9.13 Å². The molecule has 1 nitrogen and oxygen atoms in total. The van der Waals surface area contributed by atoms with Gasteiger partial charge in [-0.3, -0.25) is 0 Å².